The number of piperidine rings is 1. The molecule has 0 radical (unpaired) electrons. The van der Waals surface area contributed by atoms with Crippen molar-refractivity contribution in [2.75, 3.05) is 24.5 Å². The summed E-state index contributed by atoms with van der Waals surface area (Å²) in [7, 11) is 0. The minimum Gasteiger partial charge on any atom is -0.372 e. The van der Waals surface area contributed by atoms with Crippen molar-refractivity contribution in [3.63, 3.8) is 0 Å². The van der Waals surface area contributed by atoms with Crippen LogP contribution in [0.5, 0.6) is 0 Å². The van der Waals surface area contributed by atoms with Gasteiger partial charge in [0.2, 0.25) is 0 Å². The number of anilines is 1. The van der Waals surface area contributed by atoms with E-state index in [1.165, 1.54) is 50.1 Å². The predicted octanol–water partition coefficient (Wildman–Crippen LogP) is 4.67. The molecule has 2 aromatic rings. The second-order valence-corrected chi connectivity index (χ2v) is 7.03. The van der Waals surface area contributed by atoms with Gasteiger partial charge in [0.05, 0.1) is 0 Å². The number of nitrogens with one attached hydrogen (secondary N) is 1. The van der Waals surface area contributed by atoms with E-state index in [4.69, 9.17) is 0 Å². The van der Waals surface area contributed by atoms with Crippen molar-refractivity contribution in [2.45, 2.75) is 31.2 Å². The molecule has 1 heterocycles. The largest absolute Gasteiger partial charge is 0.372 e. The highest BCUT2D eigenvalue weighted by Gasteiger charge is 2.38. The van der Waals surface area contributed by atoms with Gasteiger partial charge in [0, 0.05) is 30.7 Å². The van der Waals surface area contributed by atoms with Gasteiger partial charge in [-0.25, -0.2) is 0 Å². The molecule has 0 bridgehead atoms. The predicted molar refractivity (Wildman–Crippen MR) is 112 cm³/mol. The van der Waals surface area contributed by atoms with Gasteiger partial charge in [-0.05, 0) is 49.4 Å². The summed E-state index contributed by atoms with van der Waals surface area (Å²) < 4.78 is 0. The first-order valence-corrected chi connectivity index (χ1v) is 8.98. The molecule has 0 amide bonds. The molecule has 2 atom stereocenters. The van der Waals surface area contributed by atoms with Crippen LogP contribution in [0, 0.1) is 5.92 Å². The SMILES string of the molecule is I.c1ccc([C@@H]2C[C@H]2NCC2CCN(c3ccccc3)CC2)cc1. The van der Waals surface area contributed by atoms with Gasteiger partial charge in [0.25, 0.3) is 0 Å². The Kier molecular flexibility index (Phi) is 6.17. The number of hydrogen-bond acceptors (Lipinski definition) is 2. The van der Waals surface area contributed by atoms with Crippen LogP contribution in [0.3, 0.4) is 0 Å². The third-order valence-corrected chi connectivity index (χ3v) is 5.42. The van der Waals surface area contributed by atoms with Crippen LogP contribution in [-0.4, -0.2) is 25.7 Å². The van der Waals surface area contributed by atoms with Crippen molar-refractivity contribution < 1.29 is 0 Å². The van der Waals surface area contributed by atoms with Gasteiger partial charge in [0.1, 0.15) is 0 Å². The van der Waals surface area contributed by atoms with Gasteiger partial charge in [-0.15, -0.1) is 24.0 Å². The maximum Gasteiger partial charge on any atom is 0.0366 e. The molecule has 2 aromatic carbocycles. The lowest BCUT2D eigenvalue weighted by atomic mass is 9.96. The van der Waals surface area contributed by atoms with Gasteiger partial charge in [-0.3, -0.25) is 0 Å². The Balaban J connectivity index is 0.00000169. The average Bonchev–Trinajstić information content (AvgIpc) is 3.42. The first-order valence-electron chi connectivity index (χ1n) is 8.98. The van der Waals surface area contributed by atoms with Gasteiger partial charge >= 0.3 is 0 Å². The van der Waals surface area contributed by atoms with Crippen LogP contribution in [-0.2, 0) is 0 Å². The Morgan fingerprint density at radius 2 is 1.50 bits per heavy atom. The summed E-state index contributed by atoms with van der Waals surface area (Å²) in [5.41, 5.74) is 2.88. The molecule has 1 aliphatic heterocycles. The topological polar surface area (TPSA) is 15.3 Å². The van der Waals surface area contributed by atoms with Crippen molar-refractivity contribution in [1.82, 2.24) is 5.32 Å². The van der Waals surface area contributed by atoms with Gasteiger partial charge in [0.15, 0.2) is 0 Å². The molecule has 1 saturated carbocycles. The Hall–Kier alpha value is -1.07. The minimum atomic E-state index is 0. The fraction of sp³-hybridized carbons (Fsp3) is 0.429. The molecule has 2 fully saturated rings. The third kappa shape index (κ3) is 4.31. The zero-order valence-corrected chi connectivity index (χ0v) is 16.4. The smallest absolute Gasteiger partial charge is 0.0366 e. The van der Waals surface area contributed by atoms with Crippen molar-refractivity contribution in [2.24, 2.45) is 5.92 Å². The number of halogens is 1. The molecule has 3 heteroatoms. The second kappa shape index (κ2) is 8.34. The number of nitrogens with zero attached hydrogens (tertiary/aromatic N) is 1. The van der Waals surface area contributed by atoms with E-state index in [-0.39, 0.29) is 24.0 Å². The zero-order valence-electron chi connectivity index (χ0n) is 14.1. The van der Waals surface area contributed by atoms with E-state index in [9.17, 15) is 0 Å². The molecule has 1 N–H and O–H groups in total. The Labute approximate surface area is 162 Å². The third-order valence-electron chi connectivity index (χ3n) is 5.42. The monoisotopic (exact) mass is 434 g/mol. The summed E-state index contributed by atoms with van der Waals surface area (Å²) in [5, 5.41) is 3.81. The highest BCUT2D eigenvalue weighted by Crippen LogP contribution is 2.40. The molecule has 128 valence electrons. The molecule has 2 nitrogen and oxygen atoms in total. The average molecular weight is 434 g/mol. The summed E-state index contributed by atoms with van der Waals surface area (Å²) in [6, 6.07) is 22.5. The molecule has 4 rings (SSSR count). The fourth-order valence-electron chi connectivity index (χ4n) is 3.84. The van der Waals surface area contributed by atoms with Crippen LogP contribution in [0.4, 0.5) is 5.69 Å². The lowest BCUT2D eigenvalue weighted by Gasteiger charge is -2.33. The van der Waals surface area contributed by atoms with Crippen molar-refractivity contribution in [1.29, 1.82) is 0 Å². The molecule has 1 aliphatic carbocycles. The zero-order chi connectivity index (χ0) is 15.5. The van der Waals surface area contributed by atoms with Crippen LogP contribution in [0.2, 0.25) is 0 Å². The van der Waals surface area contributed by atoms with Crippen LogP contribution >= 0.6 is 24.0 Å². The molecule has 0 aromatic heterocycles. The standard InChI is InChI=1S/C21H26N2.HI/c1-3-7-18(8-4-1)20-15-21(20)22-16-17-11-13-23(14-12-17)19-9-5-2-6-10-19;/h1-10,17,20-22H,11-16H2;1H/t20-,21+;/m0./s1. The fourth-order valence-corrected chi connectivity index (χ4v) is 3.84. The maximum atomic E-state index is 3.81. The lowest BCUT2D eigenvalue weighted by Crippen LogP contribution is -2.37. The van der Waals surface area contributed by atoms with Gasteiger partial charge in [-0.1, -0.05) is 48.5 Å². The normalized spacial score (nSPS) is 23.6. The summed E-state index contributed by atoms with van der Waals surface area (Å²) in [6.07, 6.45) is 3.93. The highest BCUT2D eigenvalue weighted by atomic mass is 127. The van der Waals surface area contributed by atoms with E-state index in [0.717, 1.165) is 11.8 Å². The van der Waals surface area contributed by atoms with E-state index >= 15 is 0 Å². The molecular formula is C21H27IN2. The second-order valence-electron chi connectivity index (χ2n) is 7.03. The molecule has 0 spiro atoms. The van der Waals surface area contributed by atoms with E-state index in [2.05, 4.69) is 70.9 Å². The molecule has 2 aliphatic rings. The van der Waals surface area contributed by atoms with Crippen molar-refractivity contribution >= 4 is 29.7 Å². The lowest BCUT2D eigenvalue weighted by molar-refractivity contribution is 0.381. The van der Waals surface area contributed by atoms with Gasteiger partial charge < -0.3 is 10.2 Å². The van der Waals surface area contributed by atoms with Crippen molar-refractivity contribution in [3.8, 4) is 0 Å². The Morgan fingerprint density at radius 3 is 2.17 bits per heavy atom. The molecule has 24 heavy (non-hydrogen) atoms. The first-order chi connectivity index (χ1) is 11.4. The van der Waals surface area contributed by atoms with E-state index in [1.807, 2.05) is 0 Å². The number of benzene rings is 2. The summed E-state index contributed by atoms with van der Waals surface area (Å²) in [5.74, 6) is 1.59. The van der Waals surface area contributed by atoms with Crippen molar-refractivity contribution in [3.05, 3.63) is 66.2 Å². The van der Waals surface area contributed by atoms with Gasteiger partial charge in [-0.2, -0.15) is 0 Å². The summed E-state index contributed by atoms with van der Waals surface area (Å²) >= 11 is 0. The Bertz CT molecular complexity index is 608. The molecule has 0 unspecified atom stereocenters. The minimum absolute atomic E-state index is 0. The number of para-hydroxylation sites is 1. The van der Waals surface area contributed by atoms with Crippen LogP contribution in [0.1, 0.15) is 30.7 Å². The van der Waals surface area contributed by atoms with Crippen LogP contribution < -0.4 is 10.2 Å². The van der Waals surface area contributed by atoms with Crippen LogP contribution in [0.15, 0.2) is 60.7 Å². The van der Waals surface area contributed by atoms with E-state index in [0.29, 0.717) is 6.04 Å². The number of hydrogen-bond donors (Lipinski definition) is 1. The highest BCUT2D eigenvalue weighted by molar-refractivity contribution is 14.0. The first kappa shape index (κ1) is 17.7. The summed E-state index contributed by atoms with van der Waals surface area (Å²) in [4.78, 5) is 2.53. The number of rotatable bonds is 5. The van der Waals surface area contributed by atoms with E-state index in [1.54, 1.807) is 0 Å². The molecule has 1 saturated heterocycles. The molecular weight excluding hydrogens is 407 g/mol. The Morgan fingerprint density at radius 1 is 0.875 bits per heavy atom. The van der Waals surface area contributed by atoms with E-state index < -0.39 is 0 Å². The van der Waals surface area contributed by atoms with Crippen LogP contribution in [0.25, 0.3) is 0 Å². The summed E-state index contributed by atoms with van der Waals surface area (Å²) in [6.45, 7) is 3.59. The quantitative estimate of drug-likeness (QED) is 0.689. The maximum absolute atomic E-state index is 3.81.